The van der Waals surface area contributed by atoms with Crippen LogP contribution in [0.4, 0.5) is 0 Å². The summed E-state index contributed by atoms with van der Waals surface area (Å²) in [4.78, 5) is 12.1. The molecule has 1 aromatic carbocycles. The Morgan fingerprint density at radius 2 is 1.82 bits per heavy atom. The predicted molar refractivity (Wildman–Crippen MR) is 64.0 cm³/mol. The summed E-state index contributed by atoms with van der Waals surface area (Å²) < 4.78 is 7.02. The van der Waals surface area contributed by atoms with Gasteiger partial charge in [0.2, 0.25) is 12.3 Å². The molecule has 0 saturated heterocycles. The first-order chi connectivity index (χ1) is 8.31. The molecule has 17 heavy (non-hydrogen) atoms. The number of hydrogen-bond donors (Lipinski definition) is 0. The highest BCUT2D eigenvalue weighted by Gasteiger charge is 2.15. The number of methoxy groups -OCH3 is 1. The fraction of sp³-hybridized carbons (Fsp3) is 0.143. The van der Waals surface area contributed by atoms with Crippen LogP contribution in [0, 0.1) is 0 Å². The number of ketones is 1. The average molecular weight is 228 g/mol. The minimum absolute atomic E-state index is 0.0404. The Hall–Kier alpha value is -2.16. The third kappa shape index (κ3) is 2.69. The Balaban J connectivity index is 2.20. The van der Waals surface area contributed by atoms with E-state index in [-0.39, 0.29) is 5.78 Å². The molecular weight excluding hydrogens is 214 g/mol. The molecular formula is C14H14NO2+. The predicted octanol–water partition coefficient (Wildman–Crippen LogP) is 1.87. The Morgan fingerprint density at radius 1 is 1.12 bits per heavy atom. The summed E-state index contributed by atoms with van der Waals surface area (Å²) in [5.41, 5.74) is 0.617. The summed E-state index contributed by atoms with van der Waals surface area (Å²) in [7, 11) is 1.57. The van der Waals surface area contributed by atoms with Crippen molar-refractivity contribution in [1.29, 1.82) is 0 Å². The van der Waals surface area contributed by atoms with Gasteiger partial charge in [-0.25, -0.2) is 0 Å². The average Bonchev–Trinajstić information content (AvgIpc) is 2.40. The number of aromatic nitrogens is 1. The molecule has 0 aliphatic rings. The van der Waals surface area contributed by atoms with Crippen LogP contribution >= 0.6 is 0 Å². The molecule has 0 atom stereocenters. The van der Waals surface area contributed by atoms with E-state index < -0.39 is 0 Å². The molecule has 0 bridgehead atoms. The maximum absolute atomic E-state index is 12.1. The van der Waals surface area contributed by atoms with Gasteiger partial charge < -0.3 is 4.74 Å². The zero-order valence-electron chi connectivity index (χ0n) is 9.67. The van der Waals surface area contributed by atoms with Crippen molar-refractivity contribution >= 4 is 5.78 Å². The lowest BCUT2D eigenvalue weighted by atomic mass is 10.1. The topological polar surface area (TPSA) is 30.2 Å². The van der Waals surface area contributed by atoms with Gasteiger partial charge >= 0.3 is 0 Å². The van der Waals surface area contributed by atoms with Crippen molar-refractivity contribution in [3.8, 4) is 5.75 Å². The number of benzene rings is 1. The van der Waals surface area contributed by atoms with E-state index in [9.17, 15) is 4.79 Å². The molecule has 0 unspecified atom stereocenters. The lowest BCUT2D eigenvalue weighted by Crippen LogP contribution is -2.36. The molecule has 1 heterocycles. The van der Waals surface area contributed by atoms with Crippen LogP contribution in [0.25, 0.3) is 0 Å². The third-order valence-corrected chi connectivity index (χ3v) is 2.51. The van der Waals surface area contributed by atoms with Gasteiger partial charge in [-0.15, -0.1) is 0 Å². The van der Waals surface area contributed by atoms with E-state index in [0.29, 0.717) is 17.9 Å². The van der Waals surface area contributed by atoms with Crippen LogP contribution < -0.4 is 9.30 Å². The molecule has 0 N–H and O–H groups in total. The summed E-state index contributed by atoms with van der Waals surface area (Å²) in [6, 6.07) is 13.0. The largest absolute Gasteiger partial charge is 0.496 e. The van der Waals surface area contributed by atoms with Crippen LogP contribution in [0.1, 0.15) is 10.4 Å². The molecule has 0 spiro atoms. The molecule has 0 aliphatic carbocycles. The van der Waals surface area contributed by atoms with Gasteiger partial charge in [0.05, 0.1) is 12.7 Å². The Kier molecular flexibility index (Phi) is 3.50. The van der Waals surface area contributed by atoms with Crippen LogP contribution in [0.3, 0.4) is 0 Å². The first-order valence-electron chi connectivity index (χ1n) is 5.41. The zero-order chi connectivity index (χ0) is 12.1. The van der Waals surface area contributed by atoms with Crippen molar-refractivity contribution < 1.29 is 14.1 Å². The number of ether oxygens (including phenoxy) is 1. The van der Waals surface area contributed by atoms with E-state index >= 15 is 0 Å². The third-order valence-electron chi connectivity index (χ3n) is 2.51. The summed E-state index contributed by atoms with van der Waals surface area (Å²) in [6.45, 7) is 0.321. The van der Waals surface area contributed by atoms with Gasteiger partial charge in [0.25, 0.3) is 0 Å². The van der Waals surface area contributed by atoms with E-state index in [1.165, 1.54) is 0 Å². The number of Topliss-reactive ketones (excluding diaryl/α,β-unsaturated/α-hetero) is 1. The van der Waals surface area contributed by atoms with Gasteiger partial charge in [0, 0.05) is 12.1 Å². The second-order valence-corrected chi connectivity index (χ2v) is 3.67. The molecule has 86 valence electrons. The van der Waals surface area contributed by atoms with E-state index in [0.717, 1.165) is 0 Å². The lowest BCUT2D eigenvalue weighted by molar-refractivity contribution is -0.683. The maximum Gasteiger partial charge on any atom is 0.231 e. The van der Waals surface area contributed by atoms with Gasteiger partial charge in [-0.2, -0.15) is 4.57 Å². The van der Waals surface area contributed by atoms with Crippen LogP contribution in [0.15, 0.2) is 54.9 Å². The van der Waals surface area contributed by atoms with E-state index in [1.54, 1.807) is 19.2 Å². The lowest BCUT2D eigenvalue weighted by Gasteiger charge is -2.05. The molecule has 2 rings (SSSR count). The number of nitrogens with zero attached hydrogens (tertiary/aromatic N) is 1. The molecule has 0 radical (unpaired) electrons. The fourth-order valence-electron chi connectivity index (χ4n) is 1.67. The highest BCUT2D eigenvalue weighted by molar-refractivity contribution is 5.97. The Bertz CT molecular complexity index is 509. The maximum atomic E-state index is 12.1. The van der Waals surface area contributed by atoms with Crippen LogP contribution in [-0.2, 0) is 6.54 Å². The van der Waals surface area contributed by atoms with E-state index in [1.807, 2.05) is 47.3 Å². The Labute approximate surface area is 100 Å². The number of rotatable bonds is 4. The first kappa shape index (κ1) is 11.3. The molecule has 0 fully saturated rings. The van der Waals surface area contributed by atoms with Gasteiger partial charge in [-0.3, -0.25) is 4.79 Å². The SMILES string of the molecule is COc1ccccc1C(=O)C[n+]1ccccc1. The molecule has 3 nitrogen and oxygen atoms in total. The highest BCUT2D eigenvalue weighted by Crippen LogP contribution is 2.17. The van der Waals surface area contributed by atoms with Crippen molar-refractivity contribution in [2.45, 2.75) is 6.54 Å². The quantitative estimate of drug-likeness (QED) is 0.590. The minimum atomic E-state index is 0.0404. The van der Waals surface area contributed by atoms with Crippen molar-refractivity contribution in [3.63, 3.8) is 0 Å². The molecule has 0 aliphatic heterocycles. The summed E-state index contributed by atoms with van der Waals surface area (Å²) in [5.74, 6) is 0.660. The first-order valence-corrected chi connectivity index (χ1v) is 5.41. The summed E-state index contributed by atoms with van der Waals surface area (Å²) in [6.07, 6.45) is 3.74. The number of pyridine rings is 1. The highest BCUT2D eigenvalue weighted by atomic mass is 16.5. The number of carbonyl (C=O) groups is 1. The van der Waals surface area contributed by atoms with E-state index in [2.05, 4.69) is 0 Å². The van der Waals surface area contributed by atoms with E-state index in [4.69, 9.17) is 4.74 Å². The van der Waals surface area contributed by atoms with Crippen molar-refractivity contribution in [2.75, 3.05) is 7.11 Å². The standard InChI is InChI=1S/C14H14NO2/c1-17-14-8-4-3-7-12(14)13(16)11-15-9-5-2-6-10-15/h2-10H,11H2,1H3/q+1. The van der Waals surface area contributed by atoms with Gasteiger partial charge in [0.15, 0.2) is 12.4 Å². The fourth-order valence-corrected chi connectivity index (χ4v) is 1.67. The second-order valence-electron chi connectivity index (χ2n) is 3.67. The van der Waals surface area contributed by atoms with Gasteiger partial charge in [-0.1, -0.05) is 18.2 Å². The molecule has 0 amide bonds. The monoisotopic (exact) mass is 228 g/mol. The number of para-hydroxylation sites is 1. The molecule has 0 saturated carbocycles. The summed E-state index contributed by atoms with van der Waals surface area (Å²) in [5, 5.41) is 0. The normalized spacial score (nSPS) is 9.94. The smallest absolute Gasteiger partial charge is 0.231 e. The second kappa shape index (κ2) is 5.25. The minimum Gasteiger partial charge on any atom is -0.496 e. The number of carbonyl (C=O) groups excluding carboxylic acids is 1. The van der Waals surface area contributed by atoms with Crippen molar-refractivity contribution in [2.24, 2.45) is 0 Å². The van der Waals surface area contributed by atoms with Crippen LogP contribution in [0.5, 0.6) is 5.75 Å². The van der Waals surface area contributed by atoms with Crippen molar-refractivity contribution in [3.05, 3.63) is 60.4 Å². The summed E-state index contributed by atoms with van der Waals surface area (Å²) >= 11 is 0. The van der Waals surface area contributed by atoms with Crippen LogP contribution in [0.2, 0.25) is 0 Å². The van der Waals surface area contributed by atoms with Crippen LogP contribution in [-0.4, -0.2) is 12.9 Å². The van der Waals surface area contributed by atoms with Gasteiger partial charge in [0.1, 0.15) is 5.75 Å². The van der Waals surface area contributed by atoms with Gasteiger partial charge in [-0.05, 0) is 12.1 Å². The molecule has 3 heteroatoms. The Morgan fingerprint density at radius 3 is 2.53 bits per heavy atom. The zero-order valence-corrected chi connectivity index (χ0v) is 9.67. The number of hydrogen-bond acceptors (Lipinski definition) is 2. The molecule has 2 aromatic rings. The van der Waals surface area contributed by atoms with Crippen molar-refractivity contribution in [1.82, 2.24) is 0 Å². The molecule has 1 aromatic heterocycles.